The second-order valence-electron chi connectivity index (χ2n) is 8.48. The van der Waals surface area contributed by atoms with Crippen molar-refractivity contribution >= 4 is 33.2 Å². The van der Waals surface area contributed by atoms with Gasteiger partial charge in [0, 0.05) is 32.5 Å². The van der Waals surface area contributed by atoms with Crippen LogP contribution in [0.5, 0.6) is 0 Å². The summed E-state index contributed by atoms with van der Waals surface area (Å²) in [7, 11) is 1.06. The van der Waals surface area contributed by atoms with E-state index in [-0.39, 0.29) is 24.9 Å². The molecule has 0 spiro atoms. The maximum Gasteiger partial charge on any atom is 0.510 e. The number of imide groups is 1. The highest BCUT2D eigenvalue weighted by molar-refractivity contribution is 7.41. The van der Waals surface area contributed by atoms with E-state index in [0.717, 1.165) is 0 Å². The van der Waals surface area contributed by atoms with Gasteiger partial charge in [0.2, 0.25) is 19.0 Å². The van der Waals surface area contributed by atoms with E-state index < -0.39 is 45.5 Å². The molecule has 4 atom stereocenters. The van der Waals surface area contributed by atoms with Gasteiger partial charge in [-0.1, -0.05) is 0 Å². The number of methoxy groups -OCH3 is 1. The largest absolute Gasteiger partial charge is 0.510 e. The van der Waals surface area contributed by atoms with Crippen LogP contribution in [0.3, 0.4) is 0 Å². The Balaban J connectivity index is 5.16. The first kappa shape index (κ1) is 35.5. The molecule has 0 aliphatic carbocycles. The number of carbonyl (C=O) groups excluding carboxylic acids is 4. The lowest BCUT2D eigenvalue weighted by molar-refractivity contribution is -0.121. The summed E-state index contributed by atoms with van der Waals surface area (Å²) in [6.45, 7) is 11.5. The van der Waals surface area contributed by atoms with E-state index in [1.165, 1.54) is 33.2 Å². The van der Waals surface area contributed by atoms with Crippen molar-refractivity contribution in [3.8, 4) is 0 Å². The molecule has 38 heavy (non-hydrogen) atoms. The SMILES string of the molecule is COC(COP(OC(C)OC(=O)OC(C)C)OC(C)OC(=O)OC(C)C)CC(C)N(C)/C=C\C(=O)NC=O. The molecule has 4 unspecified atom stereocenters. The van der Waals surface area contributed by atoms with E-state index in [4.69, 9.17) is 37.3 Å². The van der Waals surface area contributed by atoms with E-state index >= 15 is 0 Å². The molecule has 0 saturated carbocycles. The predicted molar refractivity (Wildman–Crippen MR) is 135 cm³/mol. The molecule has 0 aromatic heterocycles. The Hall–Kier alpha value is -2.51. The van der Waals surface area contributed by atoms with Crippen LogP contribution in [0.4, 0.5) is 9.59 Å². The monoisotopic (exact) mass is 568 g/mol. The van der Waals surface area contributed by atoms with Gasteiger partial charge in [-0.25, -0.2) is 9.59 Å². The van der Waals surface area contributed by atoms with Crippen LogP contribution in [0.15, 0.2) is 12.3 Å². The number of nitrogens with zero attached hydrogens (tertiary/aromatic N) is 1. The van der Waals surface area contributed by atoms with Crippen LogP contribution in [0, 0.1) is 0 Å². The average molecular weight is 569 g/mol. The molecule has 0 heterocycles. The van der Waals surface area contributed by atoms with Gasteiger partial charge < -0.3 is 33.1 Å². The fraction of sp³-hybridized carbons (Fsp3) is 0.739. The highest BCUT2D eigenvalue weighted by atomic mass is 31.2. The molecule has 0 aliphatic heterocycles. The minimum atomic E-state index is -2.20. The molecule has 2 amide bonds. The lowest BCUT2D eigenvalue weighted by Crippen LogP contribution is -2.32. The number of hydrogen-bond acceptors (Lipinski definition) is 13. The average Bonchev–Trinajstić information content (AvgIpc) is 2.78. The summed E-state index contributed by atoms with van der Waals surface area (Å²) in [5, 5.41) is 2.02. The van der Waals surface area contributed by atoms with Gasteiger partial charge in [0.05, 0.1) is 24.9 Å². The number of ether oxygens (including phenoxy) is 5. The van der Waals surface area contributed by atoms with Crippen molar-refractivity contribution in [1.82, 2.24) is 10.2 Å². The Morgan fingerprint density at radius 2 is 1.37 bits per heavy atom. The Morgan fingerprint density at radius 1 is 0.868 bits per heavy atom. The van der Waals surface area contributed by atoms with E-state index in [1.807, 2.05) is 12.2 Å². The van der Waals surface area contributed by atoms with Crippen LogP contribution in [0.2, 0.25) is 0 Å². The molecular formula is C23H41N2O12P. The summed E-state index contributed by atoms with van der Waals surface area (Å²) in [5.41, 5.74) is 0. The topological polar surface area (TPSA) is 157 Å². The zero-order valence-electron chi connectivity index (χ0n) is 23.4. The van der Waals surface area contributed by atoms with Crippen molar-refractivity contribution in [3.05, 3.63) is 12.3 Å². The Labute approximate surface area is 225 Å². The summed E-state index contributed by atoms with van der Waals surface area (Å²) in [6.07, 6.45) is -1.80. The van der Waals surface area contributed by atoms with Gasteiger partial charge in [0.1, 0.15) is 0 Å². The minimum absolute atomic E-state index is 0.00203. The van der Waals surface area contributed by atoms with Crippen molar-refractivity contribution in [2.45, 2.75) is 91.8 Å². The van der Waals surface area contributed by atoms with Crippen LogP contribution in [0.25, 0.3) is 0 Å². The Morgan fingerprint density at radius 3 is 1.79 bits per heavy atom. The summed E-state index contributed by atoms with van der Waals surface area (Å²) in [6, 6.07) is -0.0991. The molecule has 1 N–H and O–H groups in total. The Bertz CT molecular complexity index is 720. The van der Waals surface area contributed by atoms with Gasteiger partial charge >= 0.3 is 20.9 Å². The molecule has 0 aliphatic rings. The van der Waals surface area contributed by atoms with Crippen molar-refractivity contribution in [2.75, 3.05) is 20.8 Å². The van der Waals surface area contributed by atoms with E-state index in [0.29, 0.717) is 12.8 Å². The molecule has 14 nitrogen and oxygen atoms in total. The predicted octanol–water partition coefficient (Wildman–Crippen LogP) is 3.59. The molecule has 0 aromatic rings. The summed E-state index contributed by atoms with van der Waals surface area (Å²) < 4.78 is 42.4. The van der Waals surface area contributed by atoms with Crippen LogP contribution in [-0.2, 0) is 46.8 Å². The summed E-state index contributed by atoms with van der Waals surface area (Å²) in [4.78, 5) is 47.1. The zero-order valence-corrected chi connectivity index (χ0v) is 24.3. The van der Waals surface area contributed by atoms with E-state index in [9.17, 15) is 19.2 Å². The smallest absolute Gasteiger partial charge is 0.432 e. The quantitative estimate of drug-likeness (QED) is 0.0841. The number of amides is 2. The van der Waals surface area contributed by atoms with Crippen molar-refractivity contribution in [1.29, 1.82) is 0 Å². The van der Waals surface area contributed by atoms with Crippen LogP contribution < -0.4 is 5.32 Å². The first-order chi connectivity index (χ1) is 17.8. The van der Waals surface area contributed by atoms with E-state index in [1.54, 1.807) is 39.6 Å². The lowest BCUT2D eigenvalue weighted by atomic mass is 10.1. The lowest BCUT2D eigenvalue weighted by Gasteiger charge is -2.28. The van der Waals surface area contributed by atoms with Crippen LogP contribution in [-0.4, -0.2) is 87.2 Å². The molecular weight excluding hydrogens is 527 g/mol. The molecule has 0 saturated heterocycles. The van der Waals surface area contributed by atoms with Crippen molar-refractivity contribution < 1.29 is 56.4 Å². The van der Waals surface area contributed by atoms with Crippen molar-refractivity contribution in [2.24, 2.45) is 0 Å². The maximum absolute atomic E-state index is 11.8. The molecule has 0 fully saturated rings. The number of rotatable bonds is 18. The normalized spacial score (nSPS) is 15.3. The van der Waals surface area contributed by atoms with Gasteiger partial charge in [0.25, 0.3) is 5.91 Å². The summed E-state index contributed by atoms with van der Waals surface area (Å²) in [5.74, 6) is -0.548. The summed E-state index contributed by atoms with van der Waals surface area (Å²) >= 11 is 0. The minimum Gasteiger partial charge on any atom is -0.432 e. The van der Waals surface area contributed by atoms with Gasteiger partial charge in [-0.15, -0.1) is 0 Å². The highest BCUT2D eigenvalue weighted by Crippen LogP contribution is 2.43. The maximum atomic E-state index is 11.8. The third kappa shape index (κ3) is 17.9. The molecule has 0 bridgehead atoms. The first-order valence-corrected chi connectivity index (χ1v) is 13.0. The van der Waals surface area contributed by atoms with Gasteiger partial charge in [-0.05, 0) is 54.9 Å². The second kappa shape index (κ2) is 19.5. The molecule has 0 radical (unpaired) electrons. The molecule has 15 heteroatoms. The second-order valence-corrected chi connectivity index (χ2v) is 9.61. The zero-order chi connectivity index (χ0) is 29.3. The van der Waals surface area contributed by atoms with Crippen molar-refractivity contribution in [3.63, 3.8) is 0 Å². The number of hydrogen-bond donors (Lipinski definition) is 1. The first-order valence-electron chi connectivity index (χ1n) is 11.9. The fourth-order valence-corrected chi connectivity index (χ4v) is 3.47. The number of nitrogens with one attached hydrogen (secondary N) is 1. The van der Waals surface area contributed by atoms with Gasteiger partial charge in [-0.3, -0.25) is 24.0 Å². The molecule has 220 valence electrons. The standard InChI is InChI=1S/C23H41N2O12P/c1-15(2)32-22(28)34-18(6)36-38(37-19(7)35-23(29)33-16(3)4)31-13-20(30-9)12-17(5)25(8)11-10-21(27)24-14-26/h10-11,14-20H,12-13H2,1-9H3,(H,24,26,27)/b11-10-. The number of carbonyl (C=O) groups is 4. The third-order valence-electron chi connectivity index (χ3n) is 4.32. The van der Waals surface area contributed by atoms with Crippen LogP contribution in [0.1, 0.15) is 54.9 Å². The highest BCUT2D eigenvalue weighted by Gasteiger charge is 2.27. The van der Waals surface area contributed by atoms with Gasteiger partial charge in [-0.2, -0.15) is 0 Å². The fourth-order valence-electron chi connectivity index (χ4n) is 2.44. The Kier molecular flexibility index (Phi) is 18.3. The molecule has 0 rings (SSSR count). The van der Waals surface area contributed by atoms with Gasteiger partial charge in [0.15, 0.2) is 0 Å². The third-order valence-corrected chi connectivity index (χ3v) is 5.62. The molecule has 0 aromatic carbocycles. The van der Waals surface area contributed by atoms with Crippen LogP contribution >= 0.6 is 8.60 Å². The van der Waals surface area contributed by atoms with E-state index in [2.05, 4.69) is 0 Å².